The Morgan fingerprint density at radius 2 is 1.97 bits per heavy atom. The zero-order chi connectivity index (χ0) is 27.2. The van der Waals surface area contributed by atoms with Gasteiger partial charge in [0.05, 0.1) is 6.54 Å². The average Bonchev–Trinajstić information content (AvgIpc) is 3.40. The normalized spacial score (nSPS) is 28.1. The molecule has 0 unspecified atom stereocenters. The number of hydrogen-bond acceptors (Lipinski definition) is 4. The number of carbonyl (C=O) groups is 1. The minimum atomic E-state index is -1.24. The number of nitrogens with zero attached hydrogens (tertiary/aromatic N) is 1. The van der Waals surface area contributed by atoms with Crippen molar-refractivity contribution >= 4 is 28.3 Å². The minimum Gasteiger partial charge on any atom is -0.421 e. The number of carbonyl (C=O) groups excluding carboxylic acids is 1. The molecule has 3 aromatic rings. The molecule has 2 aliphatic carbocycles. The molecule has 2 fully saturated rings. The number of methoxy groups -OCH3 is 1. The molecule has 0 radical (unpaired) electrons. The highest BCUT2D eigenvalue weighted by Crippen LogP contribution is 2.62. The Hall–Kier alpha value is -2.48. The van der Waals surface area contributed by atoms with Crippen LogP contribution in [-0.4, -0.2) is 60.1 Å². The molecule has 39 heavy (non-hydrogen) atoms. The summed E-state index contributed by atoms with van der Waals surface area (Å²) >= 11 is 6.90. The molecule has 0 bridgehead atoms. The van der Waals surface area contributed by atoms with Crippen LogP contribution in [0.25, 0.3) is 21.9 Å². The second kappa shape index (κ2) is 10.5. The number of amides is 1. The fraction of sp³-hybridized carbons (Fsp3) is 0.469. The number of morpholine rings is 1. The maximum atomic E-state index is 13.6. The SMILES string of the molecule is COCCCC[C@@]1(O)c2c(ccc(Cl)c2-c2ccc3ccccc3c2)[C@@]12CN(C(=O)[C@@H]1CC[C@H](N)C1)CC[OH+]2. The van der Waals surface area contributed by atoms with Gasteiger partial charge in [-0.2, -0.15) is 0 Å². The lowest BCUT2D eigenvalue weighted by Gasteiger charge is -2.57. The molecule has 4 N–H and O–H groups in total. The highest BCUT2D eigenvalue weighted by molar-refractivity contribution is 6.33. The molecule has 1 saturated carbocycles. The van der Waals surface area contributed by atoms with Crippen LogP contribution >= 0.6 is 11.6 Å². The largest absolute Gasteiger partial charge is 0.421 e. The van der Waals surface area contributed by atoms with Crippen LogP contribution in [0.15, 0.2) is 54.6 Å². The summed E-state index contributed by atoms with van der Waals surface area (Å²) in [6.07, 6.45) is 4.58. The number of fused-ring (bicyclic) bond motifs is 3. The van der Waals surface area contributed by atoms with E-state index in [2.05, 4.69) is 30.3 Å². The van der Waals surface area contributed by atoms with Gasteiger partial charge in [-0.15, -0.1) is 0 Å². The van der Waals surface area contributed by atoms with Crippen LogP contribution in [0.1, 0.15) is 49.7 Å². The predicted octanol–water partition coefficient (Wildman–Crippen LogP) is 4.87. The van der Waals surface area contributed by atoms with Gasteiger partial charge < -0.3 is 25.2 Å². The van der Waals surface area contributed by atoms with E-state index in [1.807, 2.05) is 29.2 Å². The Labute approximate surface area is 235 Å². The van der Waals surface area contributed by atoms with E-state index < -0.39 is 11.2 Å². The fourth-order valence-corrected chi connectivity index (χ4v) is 7.46. The lowest BCUT2D eigenvalue weighted by Crippen LogP contribution is -2.70. The highest BCUT2D eigenvalue weighted by atomic mass is 35.5. The van der Waals surface area contributed by atoms with E-state index in [4.69, 9.17) is 26.8 Å². The Kier molecular flexibility index (Phi) is 7.19. The number of aliphatic hydroxyl groups is 3. The van der Waals surface area contributed by atoms with Gasteiger partial charge in [0.2, 0.25) is 11.5 Å². The fourth-order valence-electron chi connectivity index (χ4n) is 7.19. The van der Waals surface area contributed by atoms with Crippen molar-refractivity contribution in [3.8, 4) is 11.1 Å². The van der Waals surface area contributed by atoms with E-state index in [-0.39, 0.29) is 17.9 Å². The van der Waals surface area contributed by atoms with Gasteiger partial charge in [-0.3, -0.25) is 4.79 Å². The van der Waals surface area contributed by atoms with Crippen molar-refractivity contribution in [3.05, 3.63) is 70.7 Å². The third-order valence-electron chi connectivity index (χ3n) is 9.18. The summed E-state index contributed by atoms with van der Waals surface area (Å²) in [4.78, 5) is 15.5. The zero-order valence-corrected chi connectivity index (χ0v) is 23.3. The van der Waals surface area contributed by atoms with Gasteiger partial charge in [0.15, 0.2) is 12.2 Å². The van der Waals surface area contributed by atoms with E-state index in [9.17, 15) is 9.90 Å². The van der Waals surface area contributed by atoms with Crippen LogP contribution in [-0.2, 0) is 20.7 Å². The molecule has 1 heterocycles. The van der Waals surface area contributed by atoms with E-state index in [0.29, 0.717) is 37.7 Å². The van der Waals surface area contributed by atoms with Gasteiger partial charge in [0.25, 0.3) is 0 Å². The van der Waals surface area contributed by atoms with Crippen molar-refractivity contribution in [3.63, 3.8) is 0 Å². The second-order valence-corrected chi connectivity index (χ2v) is 11.9. The van der Waals surface area contributed by atoms with Crippen LogP contribution in [0.3, 0.4) is 0 Å². The summed E-state index contributed by atoms with van der Waals surface area (Å²) in [5.41, 5.74) is 7.68. The number of halogens is 1. The minimum absolute atomic E-state index is 0.0390. The zero-order valence-electron chi connectivity index (χ0n) is 22.5. The van der Waals surface area contributed by atoms with E-state index in [1.165, 1.54) is 0 Å². The summed E-state index contributed by atoms with van der Waals surface area (Å²) in [5, 5.41) is 15.6. The first kappa shape index (κ1) is 26.7. The molecule has 7 heteroatoms. The number of benzene rings is 3. The lowest BCUT2D eigenvalue weighted by molar-refractivity contribution is -0.331. The Bertz CT molecular complexity index is 1400. The van der Waals surface area contributed by atoms with E-state index >= 15 is 0 Å². The maximum Gasteiger partial charge on any atom is 0.242 e. The standard InChI is InChI=1S/C32H37ClN2O4/c1-38-16-5-4-14-31(37)29-26(32(31)20-35(15-17-39-32)30(36)24-10-11-25(34)19-24)12-13-27(33)28(29)23-9-8-21-6-2-3-7-22(21)18-23/h2-3,6-9,12-13,18,24-25,37H,4-5,10-11,14-17,19-20,34H2,1H3/p+1/t24-,25+,31-,32+/m1/s1. The monoisotopic (exact) mass is 549 g/mol. The van der Waals surface area contributed by atoms with Crippen molar-refractivity contribution in [2.45, 2.75) is 55.8 Å². The van der Waals surface area contributed by atoms with Crippen molar-refractivity contribution in [1.29, 1.82) is 0 Å². The van der Waals surface area contributed by atoms with Crippen molar-refractivity contribution < 1.29 is 19.4 Å². The molecule has 1 saturated heterocycles. The van der Waals surface area contributed by atoms with Gasteiger partial charge in [-0.25, -0.2) is 0 Å². The van der Waals surface area contributed by atoms with Gasteiger partial charge in [0.1, 0.15) is 6.54 Å². The van der Waals surface area contributed by atoms with Crippen LogP contribution in [0.5, 0.6) is 0 Å². The van der Waals surface area contributed by atoms with Crippen molar-refractivity contribution in [2.24, 2.45) is 11.7 Å². The van der Waals surface area contributed by atoms with Crippen LogP contribution in [0.2, 0.25) is 5.02 Å². The van der Waals surface area contributed by atoms with Gasteiger partial charge in [0, 0.05) is 47.4 Å². The molecule has 1 aliphatic heterocycles. The number of ether oxygens (including phenoxy) is 2. The Morgan fingerprint density at radius 1 is 1.15 bits per heavy atom. The predicted molar refractivity (Wildman–Crippen MR) is 155 cm³/mol. The molecule has 4 atom stereocenters. The number of unbranched alkanes of at least 4 members (excludes halogenated alkanes) is 1. The number of hydrogen-bond donors (Lipinski definition) is 2. The molecule has 1 spiro atoms. The molecule has 6 rings (SSSR count). The maximum absolute atomic E-state index is 13.6. The molecular formula is C32H38ClN2O4+. The topological polar surface area (TPSA) is 88.6 Å². The first-order valence-electron chi connectivity index (χ1n) is 14.1. The molecule has 206 valence electrons. The highest BCUT2D eigenvalue weighted by Gasteiger charge is 2.71. The van der Waals surface area contributed by atoms with Gasteiger partial charge in [-0.1, -0.05) is 48.0 Å². The smallest absolute Gasteiger partial charge is 0.242 e. The Balaban J connectivity index is 1.42. The molecular weight excluding hydrogens is 512 g/mol. The first-order chi connectivity index (χ1) is 18.9. The quantitative estimate of drug-likeness (QED) is 0.325. The first-order valence-corrected chi connectivity index (χ1v) is 14.5. The van der Waals surface area contributed by atoms with Gasteiger partial charge in [-0.05, 0) is 73.1 Å². The van der Waals surface area contributed by atoms with Crippen molar-refractivity contribution in [1.82, 2.24) is 4.90 Å². The summed E-state index contributed by atoms with van der Waals surface area (Å²) in [7, 11) is 1.70. The molecule has 3 aliphatic rings. The summed E-state index contributed by atoms with van der Waals surface area (Å²) in [6.45, 7) is 2.08. The average molecular weight is 550 g/mol. The molecule has 1 amide bonds. The summed E-state index contributed by atoms with van der Waals surface area (Å²) in [5.74, 6) is 0.110. The Morgan fingerprint density at radius 3 is 2.74 bits per heavy atom. The molecule has 6 nitrogen and oxygen atoms in total. The van der Waals surface area contributed by atoms with E-state index in [1.54, 1.807) is 7.11 Å². The van der Waals surface area contributed by atoms with E-state index in [0.717, 1.165) is 65.1 Å². The third-order valence-corrected chi connectivity index (χ3v) is 9.49. The van der Waals surface area contributed by atoms with Gasteiger partial charge >= 0.3 is 0 Å². The lowest BCUT2D eigenvalue weighted by atomic mass is 9.56. The van der Waals surface area contributed by atoms with Crippen molar-refractivity contribution in [2.75, 3.05) is 33.4 Å². The molecule has 3 aromatic carbocycles. The molecule has 0 aromatic heterocycles. The number of nitrogens with two attached hydrogens (primary N) is 1. The summed E-state index contributed by atoms with van der Waals surface area (Å²) < 4.78 is 10.4. The van der Waals surface area contributed by atoms with Crippen LogP contribution < -0.4 is 5.73 Å². The van der Waals surface area contributed by atoms with Crippen LogP contribution in [0.4, 0.5) is 0 Å². The summed E-state index contributed by atoms with van der Waals surface area (Å²) in [6, 6.07) is 18.6. The second-order valence-electron chi connectivity index (χ2n) is 11.5. The van der Waals surface area contributed by atoms with Crippen LogP contribution in [0, 0.1) is 5.92 Å². The number of rotatable bonds is 7. The third kappa shape index (κ3) is 4.37.